The molecule has 3 rings (SSSR count). The third-order valence-corrected chi connectivity index (χ3v) is 4.85. The molecule has 8 heteroatoms. The number of hydrogen-bond donors (Lipinski definition) is 1. The maximum Gasteiger partial charge on any atom is 0.273 e. The van der Waals surface area contributed by atoms with Gasteiger partial charge in [0.15, 0.2) is 0 Å². The standard InChI is InChI=1S/C17H22N4O4/c22-16(10-13-4-1-2-6-15(13)21(24)25)19-8-3-5-14(12-19)20-9-7-18-11-17(20)23/h1-2,4,6,14,18H,3,5,7-12H2. The smallest absolute Gasteiger partial charge is 0.273 e. The molecule has 1 unspecified atom stereocenters. The number of piperazine rings is 1. The predicted octanol–water partition coefficient (Wildman–Crippen LogP) is 0.560. The normalized spacial score (nSPS) is 21.3. The van der Waals surface area contributed by atoms with Gasteiger partial charge in [0.2, 0.25) is 11.8 Å². The molecule has 1 aromatic rings. The van der Waals surface area contributed by atoms with Gasteiger partial charge in [0.05, 0.1) is 17.9 Å². The quantitative estimate of drug-likeness (QED) is 0.635. The number of amides is 2. The van der Waals surface area contributed by atoms with Gasteiger partial charge in [0.1, 0.15) is 0 Å². The highest BCUT2D eigenvalue weighted by Crippen LogP contribution is 2.21. The molecule has 0 aromatic heterocycles. The van der Waals surface area contributed by atoms with Crippen LogP contribution in [0.25, 0.3) is 0 Å². The van der Waals surface area contributed by atoms with Gasteiger partial charge in [-0.3, -0.25) is 19.7 Å². The summed E-state index contributed by atoms with van der Waals surface area (Å²) in [6.45, 7) is 2.92. The number of hydrogen-bond acceptors (Lipinski definition) is 5. The van der Waals surface area contributed by atoms with Crippen LogP contribution in [-0.4, -0.2) is 65.3 Å². The summed E-state index contributed by atoms with van der Waals surface area (Å²) in [6.07, 6.45) is 1.74. The average molecular weight is 346 g/mol. The highest BCUT2D eigenvalue weighted by Gasteiger charge is 2.32. The maximum atomic E-state index is 12.6. The molecule has 0 aliphatic carbocycles. The minimum atomic E-state index is -0.457. The molecule has 2 amide bonds. The van der Waals surface area contributed by atoms with Gasteiger partial charge in [-0.1, -0.05) is 18.2 Å². The number of para-hydroxylation sites is 1. The van der Waals surface area contributed by atoms with Crippen molar-refractivity contribution >= 4 is 17.5 Å². The van der Waals surface area contributed by atoms with Crippen molar-refractivity contribution in [3.63, 3.8) is 0 Å². The van der Waals surface area contributed by atoms with E-state index in [1.165, 1.54) is 6.07 Å². The lowest BCUT2D eigenvalue weighted by atomic mass is 10.0. The van der Waals surface area contributed by atoms with E-state index in [1.807, 2.05) is 4.90 Å². The Hall–Kier alpha value is -2.48. The lowest BCUT2D eigenvalue weighted by molar-refractivity contribution is -0.385. The summed E-state index contributed by atoms with van der Waals surface area (Å²) in [6, 6.07) is 6.38. The zero-order chi connectivity index (χ0) is 17.8. The topological polar surface area (TPSA) is 95.8 Å². The van der Waals surface area contributed by atoms with Crippen LogP contribution in [-0.2, 0) is 16.0 Å². The Kier molecular flexibility index (Phi) is 5.28. The third-order valence-electron chi connectivity index (χ3n) is 4.85. The van der Waals surface area contributed by atoms with Crippen molar-refractivity contribution in [2.24, 2.45) is 0 Å². The van der Waals surface area contributed by atoms with E-state index in [1.54, 1.807) is 23.1 Å². The molecule has 8 nitrogen and oxygen atoms in total. The molecule has 0 bridgehead atoms. The summed E-state index contributed by atoms with van der Waals surface area (Å²) in [5, 5.41) is 14.2. The van der Waals surface area contributed by atoms with Gasteiger partial charge in [0, 0.05) is 43.9 Å². The number of carbonyl (C=O) groups is 2. The van der Waals surface area contributed by atoms with E-state index in [2.05, 4.69) is 5.32 Å². The molecule has 134 valence electrons. The van der Waals surface area contributed by atoms with E-state index in [9.17, 15) is 19.7 Å². The molecule has 1 atom stereocenters. The predicted molar refractivity (Wildman–Crippen MR) is 91.0 cm³/mol. The maximum absolute atomic E-state index is 12.6. The number of nitro groups is 1. The van der Waals surface area contributed by atoms with Gasteiger partial charge < -0.3 is 15.1 Å². The first-order chi connectivity index (χ1) is 12.1. The van der Waals surface area contributed by atoms with E-state index in [-0.39, 0.29) is 30.0 Å². The summed E-state index contributed by atoms with van der Waals surface area (Å²) >= 11 is 0. The van der Waals surface area contributed by atoms with Gasteiger partial charge in [-0.25, -0.2) is 0 Å². The zero-order valence-electron chi connectivity index (χ0n) is 14.0. The number of carbonyl (C=O) groups excluding carboxylic acids is 2. The van der Waals surface area contributed by atoms with Crippen LogP contribution in [0.15, 0.2) is 24.3 Å². The highest BCUT2D eigenvalue weighted by atomic mass is 16.6. The fraction of sp³-hybridized carbons (Fsp3) is 0.529. The Morgan fingerprint density at radius 2 is 2.12 bits per heavy atom. The molecule has 25 heavy (non-hydrogen) atoms. The minimum Gasteiger partial charge on any atom is -0.340 e. The van der Waals surface area contributed by atoms with Crippen LogP contribution in [0.1, 0.15) is 18.4 Å². The van der Waals surface area contributed by atoms with Gasteiger partial charge >= 0.3 is 0 Å². The summed E-state index contributed by atoms with van der Waals surface area (Å²) in [4.78, 5) is 39.0. The molecule has 2 saturated heterocycles. The van der Waals surface area contributed by atoms with E-state index in [4.69, 9.17) is 0 Å². The summed E-state index contributed by atoms with van der Waals surface area (Å²) < 4.78 is 0. The second-order valence-electron chi connectivity index (χ2n) is 6.46. The number of nitrogens with zero attached hydrogens (tertiary/aromatic N) is 3. The Morgan fingerprint density at radius 3 is 2.88 bits per heavy atom. The second kappa shape index (κ2) is 7.60. The molecule has 0 spiro atoms. The molecule has 2 fully saturated rings. The molecule has 2 aliphatic heterocycles. The highest BCUT2D eigenvalue weighted by molar-refractivity contribution is 5.81. The lowest BCUT2D eigenvalue weighted by Gasteiger charge is -2.41. The molecular formula is C17H22N4O4. The van der Waals surface area contributed by atoms with Crippen LogP contribution >= 0.6 is 0 Å². The van der Waals surface area contributed by atoms with Crippen molar-refractivity contribution in [3.8, 4) is 0 Å². The van der Waals surface area contributed by atoms with Crippen molar-refractivity contribution in [3.05, 3.63) is 39.9 Å². The average Bonchev–Trinajstić information content (AvgIpc) is 2.62. The van der Waals surface area contributed by atoms with Crippen LogP contribution < -0.4 is 5.32 Å². The van der Waals surface area contributed by atoms with Crippen LogP contribution in [0.4, 0.5) is 5.69 Å². The lowest BCUT2D eigenvalue weighted by Crippen LogP contribution is -2.57. The summed E-state index contributed by atoms with van der Waals surface area (Å²) in [5.74, 6) is -0.0502. The van der Waals surface area contributed by atoms with Gasteiger partial charge in [-0.2, -0.15) is 0 Å². The molecule has 0 saturated carbocycles. The SMILES string of the molecule is O=C(Cc1ccccc1[N+](=O)[O-])N1CCCC(N2CCNCC2=O)C1. The number of benzene rings is 1. The van der Waals surface area contributed by atoms with Crippen LogP contribution in [0.2, 0.25) is 0 Å². The van der Waals surface area contributed by atoms with Crippen molar-refractivity contribution in [2.75, 3.05) is 32.7 Å². The largest absolute Gasteiger partial charge is 0.340 e. The Labute approximate surface area is 145 Å². The van der Waals surface area contributed by atoms with Crippen LogP contribution in [0.3, 0.4) is 0 Å². The first-order valence-electron chi connectivity index (χ1n) is 8.56. The van der Waals surface area contributed by atoms with E-state index in [0.717, 1.165) is 19.4 Å². The van der Waals surface area contributed by atoms with Gasteiger partial charge in [0.25, 0.3) is 5.69 Å². The molecule has 0 radical (unpaired) electrons. The number of nitrogens with one attached hydrogen (secondary N) is 1. The first kappa shape index (κ1) is 17.3. The van der Waals surface area contributed by atoms with E-state index < -0.39 is 4.92 Å². The fourth-order valence-electron chi connectivity index (χ4n) is 3.56. The number of rotatable bonds is 4. The molecule has 1 N–H and O–H groups in total. The van der Waals surface area contributed by atoms with Crippen molar-refractivity contribution in [1.82, 2.24) is 15.1 Å². The second-order valence-corrected chi connectivity index (χ2v) is 6.46. The van der Waals surface area contributed by atoms with Gasteiger partial charge in [-0.15, -0.1) is 0 Å². The van der Waals surface area contributed by atoms with E-state index in [0.29, 0.717) is 31.7 Å². The van der Waals surface area contributed by atoms with Crippen molar-refractivity contribution < 1.29 is 14.5 Å². The molecule has 1 aromatic carbocycles. The zero-order valence-corrected chi connectivity index (χ0v) is 14.0. The van der Waals surface area contributed by atoms with Crippen LogP contribution in [0.5, 0.6) is 0 Å². The monoisotopic (exact) mass is 346 g/mol. The molecule has 2 heterocycles. The third kappa shape index (κ3) is 3.96. The first-order valence-corrected chi connectivity index (χ1v) is 8.56. The Balaban J connectivity index is 1.66. The molecule has 2 aliphatic rings. The minimum absolute atomic E-state index is 0.0133. The number of likely N-dealkylation sites (tertiary alicyclic amines) is 1. The van der Waals surface area contributed by atoms with Crippen LogP contribution in [0, 0.1) is 10.1 Å². The number of nitro benzene ring substituents is 1. The summed E-state index contributed by atoms with van der Waals surface area (Å²) in [7, 11) is 0. The van der Waals surface area contributed by atoms with Crippen molar-refractivity contribution in [1.29, 1.82) is 0 Å². The van der Waals surface area contributed by atoms with Crippen molar-refractivity contribution in [2.45, 2.75) is 25.3 Å². The summed E-state index contributed by atoms with van der Waals surface area (Å²) in [5.41, 5.74) is 0.402. The Morgan fingerprint density at radius 1 is 1.32 bits per heavy atom. The number of piperidine rings is 1. The van der Waals surface area contributed by atoms with E-state index >= 15 is 0 Å². The van der Waals surface area contributed by atoms with Gasteiger partial charge in [-0.05, 0) is 12.8 Å². The fourth-order valence-corrected chi connectivity index (χ4v) is 3.56. The Bertz CT molecular complexity index is 678. The molecular weight excluding hydrogens is 324 g/mol.